The van der Waals surface area contributed by atoms with Crippen LogP contribution in [-0.2, 0) is 10.0 Å². The molecule has 0 saturated heterocycles. The van der Waals surface area contributed by atoms with Crippen LogP contribution < -0.4 is 4.31 Å². The number of halogens is 1. The van der Waals surface area contributed by atoms with Gasteiger partial charge in [0.15, 0.2) is 0 Å². The quantitative estimate of drug-likeness (QED) is 0.287. The van der Waals surface area contributed by atoms with Crippen LogP contribution in [0.2, 0.25) is 5.02 Å². The maximum absolute atomic E-state index is 14.1. The zero-order chi connectivity index (χ0) is 24.2. The predicted molar refractivity (Wildman–Crippen MR) is 143 cm³/mol. The Kier molecular flexibility index (Phi) is 5.20. The van der Waals surface area contributed by atoms with E-state index < -0.39 is 10.0 Å². The molecule has 0 bridgehead atoms. The summed E-state index contributed by atoms with van der Waals surface area (Å²) in [6, 6.07) is 30.6. The molecule has 1 unspecified atom stereocenters. The summed E-state index contributed by atoms with van der Waals surface area (Å²) in [6.45, 7) is 2.20. The molecule has 0 amide bonds. The Morgan fingerprint density at radius 1 is 0.886 bits per heavy atom. The van der Waals surface area contributed by atoms with Gasteiger partial charge in [-0.15, -0.1) is 0 Å². The molecule has 1 aliphatic heterocycles. The fraction of sp³-hybridized carbons (Fsp3) is 0.103. The number of fused-ring (bicyclic) bond motifs is 5. The van der Waals surface area contributed by atoms with Crippen LogP contribution in [0.25, 0.3) is 22.2 Å². The molecule has 1 aliphatic rings. The van der Waals surface area contributed by atoms with Crippen LogP contribution in [-0.4, -0.2) is 19.9 Å². The summed E-state index contributed by atoms with van der Waals surface area (Å²) in [7, 11) is -3.83. The molecule has 0 fully saturated rings. The zero-order valence-corrected chi connectivity index (χ0v) is 20.6. The van der Waals surface area contributed by atoms with Crippen molar-refractivity contribution in [2.24, 2.45) is 0 Å². The van der Waals surface area contributed by atoms with Crippen molar-refractivity contribution in [2.45, 2.75) is 17.7 Å². The fourth-order valence-corrected chi connectivity index (χ4v) is 6.75. The maximum Gasteiger partial charge on any atom is 0.264 e. The third-order valence-corrected chi connectivity index (χ3v) is 8.77. The number of aromatic amines is 1. The average molecular weight is 499 g/mol. The lowest BCUT2D eigenvalue weighted by Gasteiger charge is -2.28. The lowest BCUT2D eigenvalue weighted by molar-refractivity contribution is 0.589. The van der Waals surface area contributed by atoms with E-state index in [9.17, 15) is 8.42 Å². The molecular weight excluding hydrogens is 476 g/mol. The van der Waals surface area contributed by atoms with E-state index in [1.54, 1.807) is 16.4 Å². The second-order valence-corrected chi connectivity index (χ2v) is 11.2. The summed E-state index contributed by atoms with van der Waals surface area (Å²) < 4.78 is 29.7. The number of nitrogens with one attached hydrogen (secondary N) is 1. The summed E-state index contributed by atoms with van der Waals surface area (Å²) in [5.41, 5.74) is 6.54. The van der Waals surface area contributed by atoms with Gasteiger partial charge in [0.2, 0.25) is 0 Å². The van der Waals surface area contributed by atoms with Gasteiger partial charge in [-0.3, -0.25) is 4.31 Å². The fourth-order valence-electron chi connectivity index (χ4n) is 5.06. The average Bonchev–Trinajstić information content (AvgIpc) is 3.17. The second kappa shape index (κ2) is 8.29. The van der Waals surface area contributed by atoms with E-state index in [0.717, 1.165) is 38.9 Å². The molecule has 6 heteroatoms. The summed E-state index contributed by atoms with van der Waals surface area (Å²) in [4.78, 5) is 3.87. The van der Waals surface area contributed by atoms with Crippen molar-refractivity contribution in [1.29, 1.82) is 0 Å². The largest absolute Gasteiger partial charge is 0.354 e. The third kappa shape index (κ3) is 3.63. The van der Waals surface area contributed by atoms with Crippen molar-refractivity contribution in [3.05, 3.63) is 119 Å². The molecule has 6 rings (SSSR count). The van der Waals surface area contributed by atoms with Crippen molar-refractivity contribution in [3.8, 4) is 11.3 Å². The minimum Gasteiger partial charge on any atom is -0.354 e. The summed E-state index contributed by atoms with van der Waals surface area (Å²) in [5, 5.41) is 1.70. The summed E-state index contributed by atoms with van der Waals surface area (Å²) in [6.07, 6.45) is 0. The topological polar surface area (TPSA) is 53.2 Å². The Bertz CT molecular complexity index is 1670. The molecule has 174 valence electrons. The number of aromatic nitrogens is 1. The molecule has 2 heterocycles. The van der Waals surface area contributed by atoms with E-state index in [0.29, 0.717) is 10.7 Å². The standard InChI is InChI=1S/C29H23ClN2O2S/c1-19-13-15-22(16-14-19)35(33,34)32-18-25(20-7-6-8-21(30)17-20)28-23-9-2-4-11-26(23)31-29(28)24-10-3-5-12-27(24)32/h2-17,25,31H,18H2,1H3. The summed E-state index contributed by atoms with van der Waals surface area (Å²) >= 11 is 6.41. The Hall–Kier alpha value is -3.54. The number of nitrogens with zero attached hydrogens (tertiary/aromatic N) is 1. The highest BCUT2D eigenvalue weighted by atomic mass is 35.5. The number of hydrogen-bond acceptors (Lipinski definition) is 2. The molecule has 5 aromatic rings. The van der Waals surface area contributed by atoms with Gasteiger partial charge in [-0.1, -0.05) is 77.8 Å². The molecule has 0 radical (unpaired) electrons. The minimum absolute atomic E-state index is 0.229. The highest BCUT2D eigenvalue weighted by molar-refractivity contribution is 7.92. The molecule has 35 heavy (non-hydrogen) atoms. The number of rotatable bonds is 3. The van der Waals surface area contributed by atoms with Crippen molar-refractivity contribution < 1.29 is 8.42 Å². The maximum atomic E-state index is 14.1. The highest BCUT2D eigenvalue weighted by Crippen LogP contribution is 2.47. The van der Waals surface area contributed by atoms with E-state index in [1.807, 2.05) is 79.7 Å². The zero-order valence-electron chi connectivity index (χ0n) is 19.1. The highest BCUT2D eigenvalue weighted by Gasteiger charge is 2.36. The molecule has 0 spiro atoms. The Morgan fingerprint density at radius 2 is 1.63 bits per heavy atom. The molecular formula is C29H23ClN2O2S. The minimum atomic E-state index is -3.83. The smallest absolute Gasteiger partial charge is 0.264 e. The van der Waals surface area contributed by atoms with E-state index in [1.165, 1.54) is 0 Å². The molecule has 1 atom stereocenters. The van der Waals surface area contributed by atoms with Gasteiger partial charge < -0.3 is 4.98 Å². The van der Waals surface area contributed by atoms with Gasteiger partial charge >= 0.3 is 0 Å². The summed E-state index contributed by atoms with van der Waals surface area (Å²) in [5.74, 6) is -0.229. The van der Waals surface area contributed by atoms with E-state index in [-0.39, 0.29) is 17.4 Å². The number of aryl methyl sites for hydroxylation is 1. The molecule has 1 N–H and O–H groups in total. The Labute approximate surface area is 209 Å². The lowest BCUT2D eigenvalue weighted by Crippen LogP contribution is -2.34. The van der Waals surface area contributed by atoms with E-state index in [4.69, 9.17) is 11.6 Å². The third-order valence-electron chi connectivity index (χ3n) is 6.75. The SMILES string of the molecule is Cc1ccc(S(=O)(=O)N2CC(c3cccc(Cl)c3)c3c([nH]c4ccccc34)-c3ccccc32)cc1. The van der Waals surface area contributed by atoms with Crippen LogP contribution >= 0.6 is 11.6 Å². The number of sulfonamides is 1. The van der Waals surface area contributed by atoms with Gasteiger partial charge in [0.1, 0.15) is 0 Å². The van der Waals surface area contributed by atoms with E-state index in [2.05, 4.69) is 17.1 Å². The number of hydrogen-bond donors (Lipinski definition) is 1. The first-order valence-corrected chi connectivity index (χ1v) is 13.3. The number of H-pyrrole nitrogens is 1. The molecule has 4 nitrogen and oxygen atoms in total. The molecule has 0 saturated carbocycles. The molecule has 1 aromatic heterocycles. The van der Waals surface area contributed by atoms with Crippen LogP contribution in [0.5, 0.6) is 0 Å². The van der Waals surface area contributed by atoms with Gasteiger partial charge in [0.05, 0.1) is 16.3 Å². The first-order chi connectivity index (χ1) is 16.9. The lowest BCUT2D eigenvalue weighted by atomic mass is 9.88. The van der Waals surface area contributed by atoms with Crippen LogP contribution in [0, 0.1) is 6.92 Å². The number of benzene rings is 4. The van der Waals surface area contributed by atoms with Crippen molar-refractivity contribution in [2.75, 3.05) is 10.8 Å². The number of para-hydroxylation sites is 2. The number of anilines is 1. The van der Waals surface area contributed by atoms with Gasteiger partial charge in [0.25, 0.3) is 10.0 Å². The monoisotopic (exact) mass is 498 g/mol. The second-order valence-electron chi connectivity index (χ2n) is 8.93. The van der Waals surface area contributed by atoms with Crippen LogP contribution in [0.3, 0.4) is 0 Å². The van der Waals surface area contributed by atoms with Crippen molar-refractivity contribution in [3.63, 3.8) is 0 Å². The normalized spacial score (nSPS) is 15.5. The van der Waals surface area contributed by atoms with Crippen LogP contribution in [0.4, 0.5) is 5.69 Å². The molecule has 4 aromatic carbocycles. The Balaban J connectivity index is 1.65. The van der Waals surface area contributed by atoms with Crippen LogP contribution in [0.1, 0.15) is 22.6 Å². The van der Waals surface area contributed by atoms with Gasteiger partial charge in [0, 0.05) is 34.0 Å². The van der Waals surface area contributed by atoms with E-state index >= 15 is 0 Å². The first-order valence-electron chi connectivity index (χ1n) is 11.5. The van der Waals surface area contributed by atoms with Crippen molar-refractivity contribution in [1.82, 2.24) is 4.98 Å². The van der Waals surface area contributed by atoms with Crippen molar-refractivity contribution >= 4 is 38.2 Å². The first kappa shape index (κ1) is 22.0. The van der Waals surface area contributed by atoms with Gasteiger partial charge in [-0.05, 0) is 54.4 Å². The molecule has 0 aliphatic carbocycles. The van der Waals surface area contributed by atoms with Gasteiger partial charge in [-0.2, -0.15) is 0 Å². The van der Waals surface area contributed by atoms with Gasteiger partial charge in [-0.25, -0.2) is 8.42 Å². The van der Waals surface area contributed by atoms with Crippen LogP contribution in [0.15, 0.2) is 102 Å². The Morgan fingerprint density at radius 3 is 2.43 bits per heavy atom. The predicted octanol–water partition coefficient (Wildman–Crippen LogP) is 7.14.